The van der Waals surface area contributed by atoms with Crippen LogP contribution in [0.25, 0.3) is 0 Å². The molecular weight excluding hydrogens is 168 g/mol. The summed E-state index contributed by atoms with van der Waals surface area (Å²) in [5.41, 5.74) is 0.784. The molecule has 0 aliphatic carbocycles. The Bertz CT molecular complexity index is 222. The molecule has 0 heterocycles. The van der Waals surface area contributed by atoms with Crippen molar-refractivity contribution in [3.8, 4) is 0 Å². The third-order valence-corrected chi connectivity index (χ3v) is 1.35. The predicted octanol–water partition coefficient (Wildman–Crippen LogP) is 1.50. The summed E-state index contributed by atoms with van der Waals surface area (Å²) in [7, 11) is 1.32. The number of carbonyl (C=O) groups is 1. The van der Waals surface area contributed by atoms with Gasteiger partial charge in [-0.15, -0.1) is 0 Å². The van der Waals surface area contributed by atoms with Crippen molar-refractivity contribution in [2.24, 2.45) is 4.99 Å². The zero-order chi connectivity index (χ0) is 10.1. The summed E-state index contributed by atoms with van der Waals surface area (Å²) >= 11 is 0. The molecule has 0 atom stereocenters. The quantitative estimate of drug-likeness (QED) is 0.517. The number of hydrogen-bond acceptors (Lipinski definition) is 3. The van der Waals surface area contributed by atoms with Crippen LogP contribution in [0, 0.1) is 0 Å². The van der Waals surface area contributed by atoms with Crippen molar-refractivity contribution >= 4 is 12.8 Å². The Hall–Kier alpha value is -1.58. The Morgan fingerprint density at radius 3 is 2.85 bits per heavy atom. The van der Waals surface area contributed by atoms with Crippen molar-refractivity contribution in [1.82, 2.24) is 5.32 Å². The third-order valence-electron chi connectivity index (χ3n) is 1.35. The summed E-state index contributed by atoms with van der Waals surface area (Å²) in [4.78, 5) is 14.4. The van der Waals surface area contributed by atoms with E-state index >= 15 is 0 Å². The molecule has 0 saturated heterocycles. The van der Waals surface area contributed by atoms with E-state index in [1.807, 2.05) is 0 Å². The lowest BCUT2D eigenvalue weighted by molar-refractivity contribution is 0.171. The van der Waals surface area contributed by atoms with Crippen LogP contribution >= 0.6 is 0 Å². The lowest BCUT2D eigenvalue weighted by Gasteiger charge is -2.02. The van der Waals surface area contributed by atoms with E-state index in [-0.39, 0.29) is 0 Å². The number of amides is 1. The number of ether oxygens (including phenoxy) is 1. The van der Waals surface area contributed by atoms with Crippen LogP contribution in [0.3, 0.4) is 0 Å². The van der Waals surface area contributed by atoms with Crippen molar-refractivity contribution < 1.29 is 9.53 Å². The van der Waals surface area contributed by atoms with Gasteiger partial charge in [0.1, 0.15) is 0 Å². The number of aliphatic imine (C=N–C) groups is 1. The summed E-state index contributed by atoms with van der Waals surface area (Å²) in [5.74, 6) is 0. The third kappa shape index (κ3) is 5.66. The average molecular weight is 182 g/mol. The van der Waals surface area contributed by atoms with Gasteiger partial charge in [-0.3, -0.25) is 4.99 Å². The molecule has 0 aliphatic rings. The van der Waals surface area contributed by atoms with E-state index in [2.05, 4.69) is 28.3 Å². The van der Waals surface area contributed by atoms with Gasteiger partial charge in [0.15, 0.2) is 0 Å². The predicted molar refractivity (Wildman–Crippen MR) is 52.9 cm³/mol. The van der Waals surface area contributed by atoms with E-state index in [9.17, 15) is 4.79 Å². The Kier molecular flexibility index (Phi) is 6.23. The molecule has 4 nitrogen and oxygen atoms in total. The minimum Gasteiger partial charge on any atom is -0.453 e. The zero-order valence-corrected chi connectivity index (χ0v) is 7.75. The second-order valence-electron chi connectivity index (χ2n) is 2.22. The van der Waals surface area contributed by atoms with Crippen LogP contribution < -0.4 is 5.32 Å². The molecule has 0 saturated carbocycles. The van der Waals surface area contributed by atoms with E-state index in [0.29, 0.717) is 13.0 Å². The van der Waals surface area contributed by atoms with E-state index in [0.717, 1.165) is 5.70 Å². The maximum absolute atomic E-state index is 10.6. The number of rotatable bonds is 5. The Morgan fingerprint density at radius 1 is 1.69 bits per heavy atom. The zero-order valence-electron chi connectivity index (χ0n) is 7.75. The van der Waals surface area contributed by atoms with Crippen LogP contribution in [0.5, 0.6) is 0 Å². The topological polar surface area (TPSA) is 50.7 Å². The molecule has 0 aromatic carbocycles. The van der Waals surface area contributed by atoms with Gasteiger partial charge in [0.25, 0.3) is 0 Å². The molecule has 0 aromatic rings. The summed E-state index contributed by atoms with van der Waals surface area (Å²) in [6.07, 6.45) is 3.54. The van der Waals surface area contributed by atoms with E-state index < -0.39 is 6.09 Å². The molecule has 1 N–H and O–H groups in total. The fourth-order valence-corrected chi connectivity index (χ4v) is 0.716. The van der Waals surface area contributed by atoms with E-state index in [1.54, 1.807) is 12.2 Å². The van der Waals surface area contributed by atoms with Gasteiger partial charge in [-0.25, -0.2) is 4.79 Å². The normalized spacial score (nSPS) is 10.4. The highest BCUT2D eigenvalue weighted by molar-refractivity contribution is 5.66. The van der Waals surface area contributed by atoms with Gasteiger partial charge >= 0.3 is 6.09 Å². The van der Waals surface area contributed by atoms with Crippen LogP contribution in [0.15, 0.2) is 29.4 Å². The highest BCUT2D eigenvalue weighted by atomic mass is 16.5. The molecule has 0 aromatic heterocycles. The van der Waals surface area contributed by atoms with Crippen LogP contribution in [0.2, 0.25) is 0 Å². The largest absolute Gasteiger partial charge is 0.453 e. The van der Waals surface area contributed by atoms with Gasteiger partial charge < -0.3 is 10.1 Å². The number of methoxy groups -OCH3 is 1. The van der Waals surface area contributed by atoms with Crippen molar-refractivity contribution in [2.75, 3.05) is 13.7 Å². The fraction of sp³-hybridized carbons (Fsp3) is 0.333. The summed E-state index contributed by atoms with van der Waals surface area (Å²) < 4.78 is 4.39. The molecular formula is C9H14N2O2. The Balaban J connectivity index is 3.73. The summed E-state index contributed by atoms with van der Waals surface area (Å²) in [6.45, 7) is 7.40. The van der Waals surface area contributed by atoms with Crippen molar-refractivity contribution in [1.29, 1.82) is 0 Å². The van der Waals surface area contributed by atoms with Crippen LogP contribution in [0.1, 0.15) is 6.42 Å². The number of hydrogen-bond donors (Lipinski definition) is 1. The van der Waals surface area contributed by atoms with Gasteiger partial charge in [-0.2, -0.15) is 0 Å². The number of alkyl carbamates (subject to hydrolysis) is 1. The first-order chi connectivity index (χ1) is 6.24. The van der Waals surface area contributed by atoms with Gasteiger partial charge in [0.05, 0.1) is 7.11 Å². The van der Waals surface area contributed by atoms with Gasteiger partial charge in [-0.05, 0) is 12.8 Å². The summed E-state index contributed by atoms with van der Waals surface area (Å²) in [5, 5.41) is 2.53. The van der Waals surface area contributed by atoms with E-state index in [4.69, 9.17) is 0 Å². The molecule has 0 fully saturated rings. The molecule has 72 valence electrons. The molecule has 1 amide bonds. The van der Waals surface area contributed by atoms with Gasteiger partial charge in [-0.1, -0.05) is 12.7 Å². The maximum Gasteiger partial charge on any atom is 0.406 e. The first-order valence-electron chi connectivity index (χ1n) is 3.84. The van der Waals surface area contributed by atoms with Crippen LogP contribution in [-0.2, 0) is 4.74 Å². The Labute approximate surface area is 78.0 Å². The van der Waals surface area contributed by atoms with Crippen LogP contribution in [-0.4, -0.2) is 26.5 Å². The van der Waals surface area contributed by atoms with E-state index in [1.165, 1.54) is 7.11 Å². The Morgan fingerprint density at radius 2 is 2.38 bits per heavy atom. The second kappa shape index (κ2) is 7.09. The number of nitrogens with one attached hydrogen (secondary N) is 1. The molecule has 13 heavy (non-hydrogen) atoms. The lowest BCUT2D eigenvalue weighted by Crippen LogP contribution is -2.24. The average Bonchev–Trinajstić information content (AvgIpc) is 2.16. The highest BCUT2D eigenvalue weighted by Crippen LogP contribution is 2.00. The number of carbonyl (C=O) groups excluding carboxylic acids is 1. The van der Waals surface area contributed by atoms with Crippen molar-refractivity contribution in [3.05, 3.63) is 24.4 Å². The molecule has 0 aliphatic heterocycles. The molecule has 4 heteroatoms. The minimum atomic E-state index is -0.443. The van der Waals surface area contributed by atoms with Gasteiger partial charge in [0.2, 0.25) is 0 Å². The molecule has 0 unspecified atom stereocenters. The molecule has 0 bridgehead atoms. The minimum absolute atomic E-state index is 0.443. The standard InChI is InChI=1S/C9H14N2O2/c1-4-5-8(10-2)6-7-11-9(12)13-3/h4-5H,1-2,6-7H2,3H3,(H,11,12)/b8-5-. The summed E-state index contributed by atoms with van der Waals surface area (Å²) in [6, 6.07) is 0. The SMILES string of the molecule is C=C/C=C(/CCNC(=O)OC)N=C. The maximum atomic E-state index is 10.6. The van der Waals surface area contributed by atoms with Crippen LogP contribution in [0.4, 0.5) is 4.79 Å². The monoisotopic (exact) mass is 182 g/mol. The lowest BCUT2D eigenvalue weighted by atomic mass is 10.3. The smallest absolute Gasteiger partial charge is 0.406 e. The number of allylic oxidation sites excluding steroid dienone is 2. The first kappa shape index (κ1) is 11.4. The highest BCUT2D eigenvalue weighted by Gasteiger charge is 1.97. The van der Waals surface area contributed by atoms with Crippen molar-refractivity contribution in [3.63, 3.8) is 0 Å². The molecule has 0 radical (unpaired) electrons. The molecule has 0 spiro atoms. The fourth-order valence-electron chi connectivity index (χ4n) is 0.716. The number of nitrogens with zero attached hydrogens (tertiary/aromatic N) is 1. The van der Waals surface area contributed by atoms with Crippen molar-refractivity contribution in [2.45, 2.75) is 6.42 Å². The second-order valence-corrected chi connectivity index (χ2v) is 2.22. The first-order valence-corrected chi connectivity index (χ1v) is 3.84. The van der Waals surface area contributed by atoms with Gasteiger partial charge in [0, 0.05) is 18.7 Å². The molecule has 0 rings (SSSR count).